The van der Waals surface area contributed by atoms with Crippen molar-refractivity contribution < 1.29 is 31.5 Å². The van der Waals surface area contributed by atoms with Crippen LogP contribution in [0.15, 0.2) is 30.3 Å². The molecular weight excluding hydrogens is 483 g/mol. The average Bonchev–Trinajstić information content (AvgIpc) is 3.14. The average molecular weight is 513 g/mol. The summed E-state index contributed by atoms with van der Waals surface area (Å²) in [6, 6.07) is 8.17. The number of alkyl halides is 5. The molecule has 1 saturated carbocycles. The first-order valence-corrected chi connectivity index (χ1v) is 12.4. The van der Waals surface area contributed by atoms with E-state index in [1.807, 2.05) is 0 Å². The number of nitrogens with zero attached hydrogens (tertiary/aromatic N) is 4. The maximum atomic E-state index is 14.9. The van der Waals surface area contributed by atoms with Crippen LogP contribution in [0.3, 0.4) is 0 Å². The summed E-state index contributed by atoms with van der Waals surface area (Å²) in [6.45, 7) is -0.256. The Morgan fingerprint density at radius 1 is 0.972 bits per heavy atom. The van der Waals surface area contributed by atoms with E-state index in [0.29, 0.717) is 37.6 Å². The van der Waals surface area contributed by atoms with Gasteiger partial charge in [0.2, 0.25) is 5.91 Å². The SMILES string of the molecule is O=C(c1cc2ccccc2n1CC(F)(F)F)N1CCC(F)(F)C(C(=O)N2CCN(C3CCC3)CC2)C1. The van der Waals surface area contributed by atoms with Crippen LogP contribution in [0.1, 0.15) is 36.2 Å². The molecule has 1 aromatic carbocycles. The fraction of sp³-hybridized carbons (Fsp3) is 0.600. The summed E-state index contributed by atoms with van der Waals surface area (Å²) < 4.78 is 70.6. The second-order valence-electron chi connectivity index (χ2n) is 10.1. The molecule has 0 spiro atoms. The molecule has 1 unspecified atom stereocenters. The quantitative estimate of drug-likeness (QED) is 0.582. The summed E-state index contributed by atoms with van der Waals surface area (Å²) in [5.41, 5.74) is 0.0107. The Kier molecular flexibility index (Phi) is 6.46. The Hall–Kier alpha value is -2.69. The van der Waals surface area contributed by atoms with E-state index in [2.05, 4.69) is 4.90 Å². The number of rotatable bonds is 4. The normalized spacial score (nSPS) is 23.6. The van der Waals surface area contributed by atoms with Gasteiger partial charge in [0.05, 0.1) is 0 Å². The summed E-state index contributed by atoms with van der Waals surface area (Å²) in [5, 5.41) is 0.449. The smallest absolute Gasteiger partial charge is 0.340 e. The Morgan fingerprint density at radius 3 is 2.31 bits per heavy atom. The van der Waals surface area contributed by atoms with Crippen LogP contribution in [0, 0.1) is 5.92 Å². The highest BCUT2D eigenvalue weighted by Gasteiger charge is 2.51. The van der Waals surface area contributed by atoms with Gasteiger partial charge in [0.25, 0.3) is 11.8 Å². The highest BCUT2D eigenvalue weighted by Crippen LogP contribution is 2.36. The van der Waals surface area contributed by atoms with E-state index in [-0.39, 0.29) is 17.8 Å². The van der Waals surface area contributed by atoms with Crippen LogP contribution in [0.25, 0.3) is 10.9 Å². The second-order valence-corrected chi connectivity index (χ2v) is 10.1. The van der Waals surface area contributed by atoms with Gasteiger partial charge in [-0.3, -0.25) is 14.5 Å². The van der Waals surface area contributed by atoms with E-state index in [0.717, 1.165) is 22.3 Å². The van der Waals surface area contributed by atoms with Gasteiger partial charge in [-0.25, -0.2) is 8.78 Å². The number of piperazine rings is 1. The summed E-state index contributed by atoms with van der Waals surface area (Å²) >= 11 is 0. The lowest BCUT2D eigenvalue weighted by molar-refractivity contribution is -0.160. The van der Waals surface area contributed by atoms with Gasteiger partial charge in [0.1, 0.15) is 18.2 Å². The topological polar surface area (TPSA) is 48.8 Å². The van der Waals surface area contributed by atoms with Crippen LogP contribution in [-0.2, 0) is 11.3 Å². The first-order valence-electron chi connectivity index (χ1n) is 12.4. The number of fused-ring (bicyclic) bond motifs is 1. The van der Waals surface area contributed by atoms with Gasteiger partial charge >= 0.3 is 6.18 Å². The number of carbonyl (C=O) groups excluding carboxylic acids is 2. The zero-order chi connectivity index (χ0) is 25.7. The Morgan fingerprint density at radius 2 is 1.67 bits per heavy atom. The molecule has 1 atom stereocenters. The van der Waals surface area contributed by atoms with E-state index < -0.39 is 49.3 Å². The largest absolute Gasteiger partial charge is 0.406 e. The minimum absolute atomic E-state index is 0.223. The van der Waals surface area contributed by atoms with Gasteiger partial charge in [-0.05, 0) is 25.0 Å². The molecule has 3 fully saturated rings. The number of likely N-dealkylation sites (tertiary alicyclic amines) is 1. The molecule has 1 aliphatic carbocycles. The van der Waals surface area contributed by atoms with Crippen molar-refractivity contribution in [2.45, 2.75) is 50.4 Å². The number of piperidine rings is 1. The standard InChI is InChI=1S/C25H29F5N4O2/c26-24(27)8-9-33(15-19(24)22(35)32-12-10-31(11-13-32)18-5-3-6-18)23(36)21-14-17-4-1-2-7-20(17)34(21)16-25(28,29)30/h1-2,4,7,14,18-19H,3,5-6,8-13,15-16H2. The minimum atomic E-state index is -4.58. The van der Waals surface area contributed by atoms with Gasteiger partial charge in [-0.1, -0.05) is 24.6 Å². The molecule has 0 radical (unpaired) electrons. The van der Waals surface area contributed by atoms with Crippen LogP contribution in [0.4, 0.5) is 22.0 Å². The third kappa shape index (κ3) is 4.81. The molecule has 2 aromatic rings. The Labute approximate surface area is 205 Å². The number of para-hydroxylation sites is 1. The van der Waals surface area contributed by atoms with Gasteiger partial charge in [-0.15, -0.1) is 0 Å². The number of benzene rings is 1. The Bertz CT molecular complexity index is 1140. The highest BCUT2D eigenvalue weighted by molar-refractivity contribution is 5.99. The monoisotopic (exact) mass is 512 g/mol. The summed E-state index contributed by atoms with van der Waals surface area (Å²) in [7, 11) is 0. The molecular formula is C25H29F5N4O2. The molecule has 5 rings (SSSR count). The van der Waals surface area contributed by atoms with Gasteiger partial charge in [-0.2, -0.15) is 13.2 Å². The van der Waals surface area contributed by atoms with Crippen LogP contribution < -0.4 is 0 Å². The maximum absolute atomic E-state index is 14.9. The molecule has 6 nitrogen and oxygen atoms in total. The van der Waals surface area contributed by atoms with E-state index in [1.54, 1.807) is 18.2 Å². The zero-order valence-corrected chi connectivity index (χ0v) is 19.8. The fourth-order valence-corrected chi connectivity index (χ4v) is 5.53. The highest BCUT2D eigenvalue weighted by atomic mass is 19.4. The number of halogens is 5. The number of amides is 2. The van der Waals surface area contributed by atoms with E-state index in [1.165, 1.54) is 23.5 Å². The molecule has 1 aromatic heterocycles. The molecule has 36 heavy (non-hydrogen) atoms. The summed E-state index contributed by atoms with van der Waals surface area (Å²) in [4.78, 5) is 31.4. The molecule has 0 N–H and O–H groups in total. The van der Waals surface area contributed by atoms with Crippen molar-refractivity contribution in [1.82, 2.24) is 19.3 Å². The Balaban J connectivity index is 1.34. The molecule has 11 heteroatoms. The molecule has 2 amide bonds. The number of carbonyl (C=O) groups is 2. The van der Waals surface area contributed by atoms with Crippen molar-refractivity contribution in [3.63, 3.8) is 0 Å². The van der Waals surface area contributed by atoms with Crippen LogP contribution in [0.2, 0.25) is 0 Å². The van der Waals surface area contributed by atoms with Crippen LogP contribution >= 0.6 is 0 Å². The predicted molar refractivity (Wildman–Crippen MR) is 123 cm³/mol. The fourth-order valence-electron chi connectivity index (χ4n) is 5.53. The van der Waals surface area contributed by atoms with Crippen molar-refractivity contribution in [2.24, 2.45) is 5.92 Å². The molecule has 2 aliphatic heterocycles. The van der Waals surface area contributed by atoms with E-state index in [9.17, 15) is 31.5 Å². The van der Waals surface area contributed by atoms with Gasteiger partial charge < -0.3 is 14.4 Å². The maximum Gasteiger partial charge on any atom is 0.406 e. The van der Waals surface area contributed by atoms with Crippen LogP contribution in [0.5, 0.6) is 0 Å². The molecule has 196 valence electrons. The zero-order valence-electron chi connectivity index (χ0n) is 19.8. The van der Waals surface area contributed by atoms with E-state index in [4.69, 9.17) is 0 Å². The molecule has 3 aliphatic rings. The first kappa shape index (κ1) is 25.0. The number of hydrogen-bond donors (Lipinski definition) is 0. The van der Waals surface area contributed by atoms with Crippen molar-refractivity contribution in [3.05, 3.63) is 36.0 Å². The lowest BCUT2D eigenvalue weighted by Crippen LogP contribution is -2.59. The lowest BCUT2D eigenvalue weighted by Gasteiger charge is -2.45. The molecule has 2 saturated heterocycles. The number of hydrogen-bond acceptors (Lipinski definition) is 3. The lowest BCUT2D eigenvalue weighted by atomic mass is 9.90. The number of aromatic nitrogens is 1. The summed E-state index contributed by atoms with van der Waals surface area (Å²) in [6.07, 6.45) is -1.86. The minimum Gasteiger partial charge on any atom is -0.340 e. The van der Waals surface area contributed by atoms with Gasteiger partial charge in [0, 0.05) is 62.6 Å². The second kappa shape index (κ2) is 9.32. The van der Waals surface area contributed by atoms with Crippen molar-refractivity contribution >= 4 is 22.7 Å². The van der Waals surface area contributed by atoms with E-state index >= 15 is 0 Å². The van der Waals surface area contributed by atoms with Crippen molar-refractivity contribution in [1.29, 1.82) is 0 Å². The summed E-state index contributed by atoms with van der Waals surface area (Å²) in [5.74, 6) is -6.48. The molecule has 0 bridgehead atoms. The van der Waals surface area contributed by atoms with Gasteiger partial charge in [0.15, 0.2) is 0 Å². The third-order valence-corrected chi connectivity index (χ3v) is 7.80. The third-order valence-electron chi connectivity index (χ3n) is 7.80. The van der Waals surface area contributed by atoms with Crippen molar-refractivity contribution in [3.8, 4) is 0 Å². The molecule has 3 heterocycles. The van der Waals surface area contributed by atoms with Crippen LogP contribution in [-0.4, -0.2) is 88.5 Å². The van der Waals surface area contributed by atoms with Crippen molar-refractivity contribution in [2.75, 3.05) is 39.3 Å². The first-order chi connectivity index (χ1) is 17.0. The predicted octanol–water partition coefficient (Wildman–Crippen LogP) is 4.00.